The van der Waals surface area contributed by atoms with Gasteiger partial charge in [0.15, 0.2) is 5.75 Å². The number of hydrogen-bond donors (Lipinski definition) is 3. The summed E-state index contributed by atoms with van der Waals surface area (Å²) in [5, 5.41) is 11.1. The minimum Gasteiger partial charge on any atom is -0.480 e. The maximum Gasteiger partial charge on any atom is 0.320 e. The molecule has 0 aromatic heterocycles. The molecule has 1 aromatic rings. The van der Waals surface area contributed by atoms with Gasteiger partial charge >= 0.3 is 5.97 Å². The van der Waals surface area contributed by atoms with Crippen LogP contribution < -0.4 is 10.0 Å². The first kappa shape index (κ1) is 16.0. The number of carboxylic acid groups (broad SMARTS) is 1. The normalized spacial score (nSPS) is 11.2. The minimum atomic E-state index is -3.92. The number of sulfonamides is 1. The highest BCUT2D eigenvalue weighted by Gasteiger charge is 2.15. The van der Waals surface area contributed by atoms with E-state index >= 15 is 0 Å². The first-order valence-electron chi connectivity index (χ1n) is 5.83. The number of benzene rings is 1. The predicted octanol–water partition coefficient (Wildman–Crippen LogP) is 1.11. The SMILES string of the molecule is CC(C)C(=O)Nc1ccc(NS(=O)(=O)CC(=O)O)cc1. The highest BCUT2D eigenvalue weighted by Crippen LogP contribution is 2.15. The van der Waals surface area contributed by atoms with Gasteiger partial charge in [0.05, 0.1) is 0 Å². The molecule has 0 fully saturated rings. The first-order chi connectivity index (χ1) is 9.19. The van der Waals surface area contributed by atoms with Crippen molar-refractivity contribution in [2.24, 2.45) is 5.92 Å². The van der Waals surface area contributed by atoms with Crippen LogP contribution in [0.2, 0.25) is 0 Å². The number of aliphatic carboxylic acids is 1. The molecule has 0 heterocycles. The Balaban J connectivity index is 2.72. The zero-order chi connectivity index (χ0) is 15.3. The third kappa shape index (κ3) is 5.27. The summed E-state index contributed by atoms with van der Waals surface area (Å²) in [5.41, 5.74) is 0.763. The van der Waals surface area contributed by atoms with Gasteiger partial charge in [-0.25, -0.2) is 8.42 Å². The fourth-order valence-corrected chi connectivity index (χ4v) is 2.18. The molecule has 1 aromatic carbocycles. The van der Waals surface area contributed by atoms with Gasteiger partial charge < -0.3 is 10.4 Å². The molecular weight excluding hydrogens is 284 g/mol. The molecule has 1 amide bonds. The Labute approximate surface area is 117 Å². The Hall–Kier alpha value is -2.09. The fraction of sp³-hybridized carbons (Fsp3) is 0.333. The molecule has 0 radical (unpaired) electrons. The molecule has 0 bridgehead atoms. The van der Waals surface area contributed by atoms with E-state index in [1.807, 2.05) is 0 Å². The van der Waals surface area contributed by atoms with Crippen LogP contribution in [0.5, 0.6) is 0 Å². The summed E-state index contributed by atoms with van der Waals surface area (Å²) in [6.45, 7) is 3.51. The molecule has 0 aliphatic carbocycles. The van der Waals surface area contributed by atoms with Gasteiger partial charge in [-0.1, -0.05) is 13.8 Å². The van der Waals surface area contributed by atoms with Crippen molar-refractivity contribution in [2.75, 3.05) is 15.8 Å². The molecule has 0 saturated heterocycles. The molecule has 20 heavy (non-hydrogen) atoms. The van der Waals surface area contributed by atoms with E-state index in [2.05, 4.69) is 10.0 Å². The zero-order valence-electron chi connectivity index (χ0n) is 11.1. The van der Waals surface area contributed by atoms with Crippen LogP contribution in [-0.2, 0) is 19.6 Å². The quantitative estimate of drug-likeness (QED) is 0.728. The number of carboxylic acids is 1. The van der Waals surface area contributed by atoms with Crippen molar-refractivity contribution in [1.29, 1.82) is 0 Å². The smallest absolute Gasteiger partial charge is 0.320 e. The third-order valence-corrected chi connectivity index (χ3v) is 3.44. The monoisotopic (exact) mass is 300 g/mol. The van der Waals surface area contributed by atoms with Crippen molar-refractivity contribution in [3.05, 3.63) is 24.3 Å². The van der Waals surface area contributed by atoms with Gasteiger partial charge in [0, 0.05) is 17.3 Å². The number of carbonyl (C=O) groups excluding carboxylic acids is 1. The molecule has 0 atom stereocenters. The average Bonchev–Trinajstić information content (AvgIpc) is 2.29. The van der Waals surface area contributed by atoms with Crippen LogP contribution in [0.15, 0.2) is 24.3 Å². The molecule has 0 saturated carbocycles. The summed E-state index contributed by atoms with van der Waals surface area (Å²) in [6, 6.07) is 5.93. The van der Waals surface area contributed by atoms with E-state index in [0.29, 0.717) is 5.69 Å². The molecule has 7 nitrogen and oxygen atoms in total. The second-order valence-electron chi connectivity index (χ2n) is 4.48. The zero-order valence-corrected chi connectivity index (χ0v) is 11.9. The first-order valence-corrected chi connectivity index (χ1v) is 7.48. The van der Waals surface area contributed by atoms with Crippen LogP contribution in [0.25, 0.3) is 0 Å². The van der Waals surface area contributed by atoms with E-state index in [0.717, 1.165) is 0 Å². The van der Waals surface area contributed by atoms with Gasteiger partial charge in [0.1, 0.15) is 0 Å². The predicted molar refractivity (Wildman–Crippen MR) is 75.0 cm³/mol. The number of hydrogen-bond acceptors (Lipinski definition) is 4. The summed E-state index contributed by atoms with van der Waals surface area (Å²) in [6.07, 6.45) is 0. The average molecular weight is 300 g/mol. The topological polar surface area (TPSA) is 113 Å². The lowest BCUT2D eigenvalue weighted by molar-refractivity contribution is -0.134. The molecule has 0 unspecified atom stereocenters. The third-order valence-electron chi connectivity index (χ3n) is 2.26. The van der Waals surface area contributed by atoms with E-state index < -0.39 is 21.7 Å². The van der Waals surface area contributed by atoms with Crippen molar-refractivity contribution in [3.8, 4) is 0 Å². The van der Waals surface area contributed by atoms with Gasteiger partial charge in [-0.3, -0.25) is 14.3 Å². The van der Waals surface area contributed by atoms with Gasteiger partial charge in [0.2, 0.25) is 15.9 Å². The molecule has 8 heteroatoms. The van der Waals surface area contributed by atoms with E-state index in [4.69, 9.17) is 5.11 Å². The summed E-state index contributed by atoms with van der Waals surface area (Å²) >= 11 is 0. The maximum absolute atomic E-state index is 11.5. The second kappa shape index (κ2) is 6.38. The van der Waals surface area contributed by atoms with Crippen LogP contribution in [0.4, 0.5) is 11.4 Å². The van der Waals surface area contributed by atoms with Crippen molar-refractivity contribution < 1.29 is 23.1 Å². The molecular formula is C12H16N2O5S. The minimum absolute atomic E-state index is 0.149. The van der Waals surface area contributed by atoms with Crippen LogP contribution >= 0.6 is 0 Å². The number of anilines is 2. The lowest BCUT2D eigenvalue weighted by Crippen LogP contribution is -2.22. The second-order valence-corrected chi connectivity index (χ2v) is 6.20. The molecule has 3 N–H and O–H groups in total. The molecule has 0 aliphatic rings. The van der Waals surface area contributed by atoms with Gasteiger partial charge in [-0.15, -0.1) is 0 Å². The Morgan fingerprint density at radius 2 is 1.65 bits per heavy atom. The van der Waals surface area contributed by atoms with Crippen molar-refractivity contribution in [1.82, 2.24) is 0 Å². The summed E-state index contributed by atoms with van der Waals surface area (Å²) in [7, 11) is -3.92. The van der Waals surface area contributed by atoms with Crippen LogP contribution in [0, 0.1) is 5.92 Å². The van der Waals surface area contributed by atoms with E-state index in [1.165, 1.54) is 24.3 Å². The lowest BCUT2D eigenvalue weighted by Gasteiger charge is -2.09. The van der Waals surface area contributed by atoms with Gasteiger partial charge in [-0.05, 0) is 24.3 Å². The fourth-order valence-electron chi connectivity index (χ4n) is 1.29. The van der Waals surface area contributed by atoms with Crippen molar-refractivity contribution in [2.45, 2.75) is 13.8 Å². The van der Waals surface area contributed by atoms with E-state index in [9.17, 15) is 18.0 Å². The number of carbonyl (C=O) groups is 2. The maximum atomic E-state index is 11.5. The van der Waals surface area contributed by atoms with Crippen molar-refractivity contribution >= 4 is 33.3 Å². The summed E-state index contributed by atoms with van der Waals surface area (Å²) < 4.78 is 24.9. The van der Waals surface area contributed by atoms with Gasteiger partial charge in [0.25, 0.3) is 0 Å². The van der Waals surface area contributed by atoms with Crippen LogP contribution in [0.1, 0.15) is 13.8 Å². The Kier molecular flexibility index (Phi) is 5.09. The number of nitrogens with one attached hydrogen (secondary N) is 2. The lowest BCUT2D eigenvalue weighted by atomic mass is 10.2. The Bertz CT molecular complexity index is 593. The molecule has 1 rings (SSSR count). The highest BCUT2D eigenvalue weighted by atomic mass is 32.2. The van der Waals surface area contributed by atoms with Crippen LogP contribution in [0.3, 0.4) is 0 Å². The van der Waals surface area contributed by atoms with Gasteiger partial charge in [-0.2, -0.15) is 0 Å². The molecule has 110 valence electrons. The number of amides is 1. The molecule has 0 spiro atoms. The molecule has 0 aliphatic heterocycles. The highest BCUT2D eigenvalue weighted by molar-refractivity contribution is 7.93. The Morgan fingerprint density at radius 3 is 2.10 bits per heavy atom. The van der Waals surface area contributed by atoms with Crippen molar-refractivity contribution in [3.63, 3.8) is 0 Å². The van der Waals surface area contributed by atoms with Crippen LogP contribution in [-0.4, -0.2) is 31.2 Å². The Morgan fingerprint density at radius 1 is 1.15 bits per heavy atom. The standard InChI is InChI=1S/C12H16N2O5S/c1-8(2)12(17)13-9-3-5-10(6-4-9)14-20(18,19)7-11(15)16/h3-6,8,14H,7H2,1-2H3,(H,13,17)(H,15,16). The summed E-state index contributed by atoms with van der Waals surface area (Å²) in [4.78, 5) is 21.8. The largest absolute Gasteiger partial charge is 0.480 e. The van der Waals surface area contributed by atoms with E-state index in [-0.39, 0.29) is 17.5 Å². The number of rotatable bonds is 6. The summed E-state index contributed by atoms with van der Waals surface area (Å²) in [5.74, 6) is -2.75. The van der Waals surface area contributed by atoms with E-state index in [1.54, 1.807) is 13.8 Å².